The monoisotopic (exact) mass is 322 g/mol. The number of aromatic amines is 1. The zero-order valence-corrected chi connectivity index (χ0v) is 12.2. The Bertz CT molecular complexity index is 747. The van der Waals surface area contributed by atoms with Crippen molar-refractivity contribution < 1.29 is 26.7 Å². The average Bonchev–Trinajstić information content (AvgIpc) is 2.81. The van der Waals surface area contributed by atoms with Gasteiger partial charge in [0.2, 0.25) is 10.0 Å². The highest BCUT2D eigenvalue weighted by molar-refractivity contribution is 7.97. The minimum Gasteiger partial charge on any atom is -0.477 e. The molecule has 0 bridgehead atoms. The third-order valence-corrected chi connectivity index (χ3v) is 6.81. The van der Waals surface area contributed by atoms with Gasteiger partial charge in [0.1, 0.15) is 5.69 Å². The van der Waals surface area contributed by atoms with Gasteiger partial charge in [-0.3, -0.25) is 4.72 Å². The van der Waals surface area contributed by atoms with E-state index in [4.69, 9.17) is 5.11 Å². The predicted octanol–water partition coefficient (Wildman–Crippen LogP) is -0.0499. The van der Waals surface area contributed by atoms with Crippen LogP contribution in [-0.4, -0.2) is 49.7 Å². The fourth-order valence-corrected chi connectivity index (χ4v) is 6.17. The number of nitrogens with one attached hydrogen (secondary N) is 2. The number of carbonyl (C=O) groups is 1. The van der Waals surface area contributed by atoms with Gasteiger partial charge in [-0.25, -0.2) is 21.6 Å². The minimum absolute atomic E-state index is 0.0173. The van der Waals surface area contributed by atoms with Crippen molar-refractivity contribution in [2.45, 2.75) is 18.6 Å². The summed E-state index contributed by atoms with van der Waals surface area (Å²) in [7, 11) is -7.27. The van der Waals surface area contributed by atoms with E-state index in [0.29, 0.717) is 5.69 Å². The smallest absolute Gasteiger partial charge is 0.354 e. The Hall–Kier alpha value is -1.55. The molecule has 0 amide bonds. The van der Waals surface area contributed by atoms with Gasteiger partial charge in [0.25, 0.3) is 0 Å². The highest BCUT2D eigenvalue weighted by Crippen LogP contribution is 2.24. The zero-order valence-electron chi connectivity index (χ0n) is 10.6. The number of aromatic nitrogens is 1. The maximum atomic E-state index is 12.1. The van der Waals surface area contributed by atoms with Crippen molar-refractivity contribution in [3.63, 3.8) is 0 Å². The normalized spacial score (nSPS) is 21.8. The lowest BCUT2D eigenvalue weighted by atomic mass is 10.4. The molecular weight excluding hydrogens is 308 g/mol. The molecular formula is C10H14N2O6S2. The molecule has 0 spiro atoms. The maximum absolute atomic E-state index is 12.1. The number of carboxylic acid groups (broad SMARTS) is 1. The molecule has 1 saturated heterocycles. The van der Waals surface area contributed by atoms with Crippen LogP contribution >= 0.6 is 0 Å². The number of aryl methyl sites for hydroxylation is 1. The number of rotatable bonds is 4. The van der Waals surface area contributed by atoms with Crippen LogP contribution in [0.5, 0.6) is 0 Å². The lowest BCUT2D eigenvalue weighted by Gasteiger charge is -2.11. The van der Waals surface area contributed by atoms with Gasteiger partial charge in [0, 0.05) is 5.69 Å². The fourth-order valence-electron chi connectivity index (χ4n) is 2.08. The molecule has 3 N–H and O–H groups in total. The summed E-state index contributed by atoms with van der Waals surface area (Å²) >= 11 is 0. The summed E-state index contributed by atoms with van der Waals surface area (Å²) < 4.78 is 49.0. The van der Waals surface area contributed by atoms with Gasteiger partial charge < -0.3 is 10.1 Å². The lowest BCUT2D eigenvalue weighted by Crippen LogP contribution is -2.29. The first kappa shape index (κ1) is 14.9. The molecule has 1 atom stereocenters. The largest absolute Gasteiger partial charge is 0.477 e. The molecule has 0 saturated carbocycles. The minimum atomic E-state index is -3.94. The Morgan fingerprint density at radius 3 is 2.65 bits per heavy atom. The van der Waals surface area contributed by atoms with E-state index >= 15 is 0 Å². The number of carboxylic acids is 1. The van der Waals surface area contributed by atoms with Crippen LogP contribution in [0, 0.1) is 6.92 Å². The molecule has 2 rings (SSSR count). The number of hydrogen-bond donors (Lipinski definition) is 3. The summed E-state index contributed by atoms with van der Waals surface area (Å²) in [5.74, 6) is -1.90. The van der Waals surface area contributed by atoms with Gasteiger partial charge in [0.05, 0.1) is 22.4 Å². The molecule has 1 aliphatic heterocycles. The number of anilines is 1. The molecule has 0 aliphatic carbocycles. The fraction of sp³-hybridized carbons (Fsp3) is 0.500. The van der Waals surface area contributed by atoms with Crippen molar-refractivity contribution in [1.82, 2.24) is 4.98 Å². The summed E-state index contributed by atoms with van der Waals surface area (Å²) in [6.45, 7) is 1.59. The van der Waals surface area contributed by atoms with Crippen LogP contribution < -0.4 is 4.72 Å². The number of H-pyrrole nitrogens is 1. The zero-order chi connectivity index (χ0) is 15.1. The van der Waals surface area contributed by atoms with Crippen LogP contribution in [0.1, 0.15) is 22.6 Å². The van der Waals surface area contributed by atoms with Gasteiger partial charge in [-0.15, -0.1) is 0 Å². The third kappa shape index (κ3) is 2.96. The van der Waals surface area contributed by atoms with Crippen LogP contribution in [-0.2, 0) is 19.9 Å². The van der Waals surface area contributed by atoms with Gasteiger partial charge in [-0.05, 0) is 19.4 Å². The van der Waals surface area contributed by atoms with E-state index in [2.05, 4.69) is 9.71 Å². The van der Waals surface area contributed by atoms with Gasteiger partial charge >= 0.3 is 5.97 Å². The van der Waals surface area contributed by atoms with E-state index in [0.717, 1.165) is 0 Å². The van der Waals surface area contributed by atoms with E-state index in [1.54, 1.807) is 6.92 Å². The molecule has 1 fully saturated rings. The van der Waals surface area contributed by atoms with Crippen molar-refractivity contribution >= 4 is 31.5 Å². The van der Waals surface area contributed by atoms with Gasteiger partial charge in [-0.1, -0.05) is 0 Å². The first-order chi connectivity index (χ1) is 9.11. The lowest BCUT2D eigenvalue weighted by molar-refractivity contribution is 0.0692. The summed E-state index contributed by atoms with van der Waals surface area (Å²) in [6, 6.07) is 1.35. The highest BCUT2D eigenvalue weighted by atomic mass is 32.2. The average molecular weight is 322 g/mol. The standard InChI is InChI=1S/C10H14N2O6S2/c1-6-4-8(9(11-6)10(13)14)12-20(17,18)7-2-3-19(15,16)5-7/h4,7,11-12H,2-3,5H2,1H3,(H,13,14). The summed E-state index contributed by atoms with van der Waals surface area (Å²) in [5.41, 5.74) is 0.130. The van der Waals surface area contributed by atoms with Crippen molar-refractivity contribution in [2.75, 3.05) is 16.2 Å². The van der Waals surface area contributed by atoms with Crippen molar-refractivity contribution in [2.24, 2.45) is 0 Å². The summed E-state index contributed by atoms with van der Waals surface area (Å²) in [4.78, 5) is 13.5. The van der Waals surface area contributed by atoms with Gasteiger partial charge in [0.15, 0.2) is 9.84 Å². The molecule has 1 aromatic heterocycles. The second-order valence-corrected chi connectivity index (χ2v) is 8.91. The van der Waals surface area contributed by atoms with Crippen LogP contribution in [0.3, 0.4) is 0 Å². The first-order valence-electron chi connectivity index (χ1n) is 5.76. The third-order valence-electron chi connectivity index (χ3n) is 3.05. The molecule has 20 heavy (non-hydrogen) atoms. The highest BCUT2D eigenvalue weighted by Gasteiger charge is 2.37. The molecule has 1 unspecified atom stereocenters. The molecule has 1 aliphatic rings. The van der Waals surface area contributed by atoms with Crippen molar-refractivity contribution in [1.29, 1.82) is 0 Å². The Morgan fingerprint density at radius 2 is 2.15 bits per heavy atom. The quantitative estimate of drug-likeness (QED) is 0.711. The van der Waals surface area contributed by atoms with E-state index in [-0.39, 0.29) is 23.6 Å². The van der Waals surface area contributed by atoms with E-state index < -0.39 is 36.8 Å². The predicted molar refractivity (Wildman–Crippen MR) is 72.1 cm³/mol. The summed E-state index contributed by atoms with van der Waals surface area (Å²) in [6.07, 6.45) is 0.0173. The Labute approximate surface area is 116 Å². The van der Waals surface area contributed by atoms with Crippen molar-refractivity contribution in [3.8, 4) is 0 Å². The van der Waals surface area contributed by atoms with E-state index in [1.165, 1.54) is 6.07 Å². The second-order valence-electron chi connectivity index (χ2n) is 4.72. The number of sulfone groups is 1. The maximum Gasteiger partial charge on any atom is 0.354 e. The van der Waals surface area contributed by atoms with Crippen LogP contribution in [0.15, 0.2) is 6.07 Å². The number of hydrogen-bond acceptors (Lipinski definition) is 5. The SMILES string of the molecule is Cc1cc(NS(=O)(=O)C2CCS(=O)(=O)C2)c(C(=O)O)[nH]1. The van der Waals surface area contributed by atoms with Crippen LogP contribution in [0.2, 0.25) is 0 Å². The Kier molecular flexibility index (Phi) is 3.54. The molecule has 1 aromatic rings. The van der Waals surface area contributed by atoms with Crippen LogP contribution in [0.25, 0.3) is 0 Å². The topological polar surface area (TPSA) is 133 Å². The van der Waals surface area contributed by atoms with Crippen LogP contribution in [0.4, 0.5) is 5.69 Å². The molecule has 10 heteroatoms. The summed E-state index contributed by atoms with van der Waals surface area (Å²) in [5, 5.41) is 7.91. The Balaban J connectivity index is 2.28. The molecule has 112 valence electrons. The molecule has 0 radical (unpaired) electrons. The van der Waals surface area contributed by atoms with E-state index in [1.807, 2.05) is 0 Å². The molecule has 2 heterocycles. The second kappa shape index (κ2) is 4.77. The number of aromatic carboxylic acids is 1. The van der Waals surface area contributed by atoms with Gasteiger partial charge in [-0.2, -0.15) is 0 Å². The molecule has 0 aromatic carbocycles. The number of sulfonamides is 1. The van der Waals surface area contributed by atoms with E-state index in [9.17, 15) is 21.6 Å². The molecule has 8 nitrogen and oxygen atoms in total. The van der Waals surface area contributed by atoms with Crippen molar-refractivity contribution in [3.05, 3.63) is 17.5 Å². The first-order valence-corrected chi connectivity index (χ1v) is 9.12. The Morgan fingerprint density at radius 1 is 1.50 bits per heavy atom.